The predicted molar refractivity (Wildman–Crippen MR) is 63.0 cm³/mol. The molecule has 0 spiro atoms. The molecule has 15 heavy (non-hydrogen) atoms. The second-order valence-electron chi connectivity index (χ2n) is 5.23. The van der Waals surface area contributed by atoms with Crippen molar-refractivity contribution >= 4 is 0 Å². The van der Waals surface area contributed by atoms with E-state index in [1.165, 1.54) is 58.0 Å². The zero-order valence-corrected chi connectivity index (χ0v) is 9.84. The molecule has 1 aliphatic heterocycles. The van der Waals surface area contributed by atoms with E-state index in [4.69, 9.17) is 4.74 Å². The number of rotatable bonds is 5. The molecule has 2 heteroatoms. The molecule has 1 saturated heterocycles. The Kier molecular flexibility index (Phi) is 4.94. The third-order valence-corrected chi connectivity index (χ3v) is 3.91. The molecule has 2 rings (SSSR count). The van der Waals surface area contributed by atoms with Crippen molar-refractivity contribution in [2.75, 3.05) is 26.3 Å². The smallest absolute Gasteiger partial charge is 0.0495 e. The molecule has 1 saturated carbocycles. The van der Waals surface area contributed by atoms with Crippen LogP contribution in [0.4, 0.5) is 0 Å². The Bertz CT molecular complexity index is 160. The molecule has 1 heterocycles. The minimum atomic E-state index is 0.837. The number of ether oxygens (including phenoxy) is 1. The first-order chi connectivity index (χ1) is 7.45. The predicted octanol–water partition coefficient (Wildman–Crippen LogP) is 2.58. The van der Waals surface area contributed by atoms with Crippen LogP contribution in [0.1, 0.15) is 44.9 Å². The summed E-state index contributed by atoms with van der Waals surface area (Å²) in [6.07, 6.45) is 9.90. The van der Waals surface area contributed by atoms with Crippen LogP contribution in [0.15, 0.2) is 0 Å². The van der Waals surface area contributed by atoms with E-state index >= 15 is 0 Å². The van der Waals surface area contributed by atoms with E-state index in [0.29, 0.717) is 0 Å². The van der Waals surface area contributed by atoms with Gasteiger partial charge in [0.25, 0.3) is 0 Å². The molecule has 2 aliphatic rings. The minimum absolute atomic E-state index is 0.837. The van der Waals surface area contributed by atoms with Gasteiger partial charge in [-0.25, -0.2) is 0 Å². The van der Waals surface area contributed by atoms with Crippen LogP contribution in [-0.2, 0) is 4.74 Å². The molecule has 2 fully saturated rings. The summed E-state index contributed by atoms with van der Waals surface area (Å²) in [4.78, 5) is 0. The van der Waals surface area contributed by atoms with Crippen molar-refractivity contribution in [3.05, 3.63) is 0 Å². The summed E-state index contributed by atoms with van der Waals surface area (Å²) in [5.41, 5.74) is 0. The van der Waals surface area contributed by atoms with Gasteiger partial charge < -0.3 is 10.1 Å². The largest absolute Gasteiger partial charge is 0.381 e. The van der Waals surface area contributed by atoms with Gasteiger partial charge in [0.15, 0.2) is 0 Å². The van der Waals surface area contributed by atoms with Crippen LogP contribution in [-0.4, -0.2) is 26.3 Å². The lowest BCUT2D eigenvalue weighted by Gasteiger charge is -2.22. The van der Waals surface area contributed by atoms with Gasteiger partial charge in [0.1, 0.15) is 0 Å². The van der Waals surface area contributed by atoms with Crippen LogP contribution in [0.25, 0.3) is 0 Å². The Labute approximate surface area is 93.8 Å². The zero-order chi connectivity index (χ0) is 10.3. The van der Waals surface area contributed by atoms with E-state index in [2.05, 4.69) is 5.32 Å². The molecule has 0 aromatic carbocycles. The van der Waals surface area contributed by atoms with Crippen molar-refractivity contribution in [2.45, 2.75) is 44.9 Å². The Morgan fingerprint density at radius 1 is 1.00 bits per heavy atom. The van der Waals surface area contributed by atoms with Gasteiger partial charge in [-0.2, -0.15) is 0 Å². The Morgan fingerprint density at radius 2 is 1.87 bits per heavy atom. The summed E-state index contributed by atoms with van der Waals surface area (Å²) >= 11 is 0. The van der Waals surface area contributed by atoms with Gasteiger partial charge in [0.2, 0.25) is 0 Å². The standard InChI is InChI=1S/C13H25NO/c1-2-4-12(5-3-1)10-14-8-6-13-7-9-15-11-13/h12-14H,1-11H2. The first kappa shape index (κ1) is 11.4. The lowest BCUT2D eigenvalue weighted by molar-refractivity contribution is 0.184. The normalized spacial score (nSPS) is 28.4. The molecule has 1 N–H and O–H groups in total. The second kappa shape index (κ2) is 6.49. The molecular formula is C13H25NO. The molecule has 1 aliphatic carbocycles. The zero-order valence-electron chi connectivity index (χ0n) is 9.84. The van der Waals surface area contributed by atoms with E-state index in [1.807, 2.05) is 0 Å². The van der Waals surface area contributed by atoms with Gasteiger partial charge in [0, 0.05) is 13.2 Å². The fraction of sp³-hybridized carbons (Fsp3) is 1.00. The fourth-order valence-corrected chi connectivity index (χ4v) is 2.81. The molecule has 0 aromatic rings. The lowest BCUT2D eigenvalue weighted by atomic mass is 9.89. The number of nitrogens with one attached hydrogen (secondary N) is 1. The van der Waals surface area contributed by atoms with Crippen molar-refractivity contribution < 1.29 is 4.74 Å². The van der Waals surface area contributed by atoms with Gasteiger partial charge in [-0.1, -0.05) is 19.3 Å². The number of hydrogen-bond donors (Lipinski definition) is 1. The van der Waals surface area contributed by atoms with Gasteiger partial charge in [-0.3, -0.25) is 0 Å². The summed E-state index contributed by atoms with van der Waals surface area (Å²) in [6, 6.07) is 0. The molecular weight excluding hydrogens is 186 g/mol. The first-order valence-electron chi connectivity index (χ1n) is 6.73. The minimum Gasteiger partial charge on any atom is -0.381 e. The van der Waals surface area contributed by atoms with E-state index in [1.54, 1.807) is 0 Å². The summed E-state index contributed by atoms with van der Waals surface area (Å²) in [6.45, 7) is 4.45. The maximum atomic E-state index is 5.38. The van der Waals surface area contributed by atoms with Gasteiger partial charge in [-0.15, -0.1) is 0 Å². The van der Waals surface area contributed by atoms with Crippen molar-refractivity contribution in [1.82, 2.24) is 5.32 Å². The first-order valence-corrected chi connectivity index (χ1v) is 6.73. The Hall–Kier alpha value is -0.0800. The van der Waals surface area contributed by atoms with Crippen LogP contribution in [0.5, 0.6) is 0 Å². The highest BCUT2D eigenvalue weighted by Crippen LogP contribution is 2.22. The monoisotopic (exact) mass is 211 g/mol. The molecule has 1 atom stereocenters. The van der Waals surface area contributed by atoms with Crippen molar-refractivity contribution in [2.24, 2.45) is 11.8 Å². The molecule has 0 radical (unpaired) electrons. The highest BCUT2D eigenvalue weighted by Gasteiger charge is 2.16. The summed E-state index contributed by atoms with van der Waals surface area (Å²) in [5.74, 6) is 1.81. The molecule has 2 nitrogen and oxygen atoms in total. The average Bonchev–Trinajstić information content (AvgIpc) is 2.79. The van der Waals surface area contributed by atoms with Crippen LogP contribution in [0.2, 0.25) is 0 Å². The van der Waals surface area contributed by atoms with E-state index in [-0.39, 0.29) is 0 Å². The molecule has 88 valence electrons. The van der Waals surface area contributed by atoms with Crippen LogP contribution >= 0.6 is 0 Å². The third-order valence-electron chi connectivity index (χ3n) is 3.91. The van der Waals surface area contributed by atoms with Gasteiger partial charge in [-0.05, 0) is 50.6 Å². The second-order valence-corrected chi connectivity index (χ2v) is 5.23. The van der Waals surface area contributed by atoms with E-state index in [9.17, 15) is 0 Å². The lowest BCUT2D eigenvalue weighted by Crippen LogP contribution is -2.26. The summed E-state index contributed by atoms with van der Waals surface area (Å²) < 4.78 is 5.38. The average molecular weight is 211 g/mol. The highest BCUT2D eigenvalue weighted by atomic mass is 16.5. The van der Waals surface area contributed by atoms with Crippen molar-refractivity contribution in [3.8, 4) is 0 Å². The summed E-state index contributed by atoms with van der Waals surface area (Å²) in [7, 11) is 0. The van der Waals surface area contributed by atoms with Gasteiger partial charge in [0.05, 0.1) is 0 Å². The topological polar surface area (TPSA) is 21.3 Å². The van der Waals surface area contributed by atoms with E-state index < -0.39 is 0 Å². The maximum absolute atomic E-state index is 5.38. The fourth-order valence-electron chi connectivity index (χ4n) is 2.81. The summed E-state index contributed by atoms with van der Waals surface area (Å²) in [5, 5.41) is 3.63. The van der Waals surface area contributed by atoms with Crippen molar-refractivity contribution in [3.63, 3.8) is 0 Å². The molecule has 0 amide bonds. The van der Waals surface area contributed by atoms with E-state index in [0.717, 1.165) is 25.0 Å². The van der Waals surface area contributed by atoms with Crippen LogP contribution in [0, 0.1) is 11.8 Å². The third kappa shape index (κ3) is 4.12. The highest BCUT2D eigenvalue weighted by molar-refractivity contribution is 4.69. The molecule has 0 bridgehead atoms. The molecule has 0 aromatic heterocycles. The molecule has 1 unspecified atom stereocenters. The Morgan fingerprint density at radius 3 is 2.60 bits per heavy atom. The van der Waals surface area contributed by atoms with Crippen LogP contribution in [0.3, 0.4) is 0 Å². The van der Waals surface area contributed by atoms with Gasteiger partial charge >= 0.3 is 0 Å². The SMILES string of the molecule is C1CCC(CNCCC2CCOC2)CC1. The van der Waals surface area contributed by atoms with Crippen LogP contribution < -0.4 is 5.32 Å². The van der Waals surface area contributed by atoms with Crippen molar-refractivity contribution in [1.29, 1.82) is 0 Å². The number of hydrogen-bond acceptors (Lipinski definition) is 2. The quantitative estimate of drug-likeness (QED) is 0.706. The Balaban J connectivity index is 1.47. The maximum Gasteiger partial charge on any atom is 0.0495 e.